The van der Waals surface area contributed by atoms with E-state index in [4.69, 9.17) is 5.11 Å². The van der Waals surface area contributed by atoms with Gasteiger partial charge in [-0.1, -0.05) is 6.92 Å². The quantitative estimate of drug-likeness (QED) is 0.796. The molecule has 1 rings (SSSR count). The highest BCUT2D eigenvalue weighted by Gasteiger charge is 2.13. The van der Waals surface area contributed by atoms with E-state index in [-0.39, 0.29) is 0 Å². The SMILES string of the molecule is CCCN(CCN(C)C)Cc1cc(C(=O)O)sc1C. The van der Waals surface area contributed by atoms with Crippen LogP contribution in [0, 0.1) is 6.92 Å². The lowest BCUT2D eigenvalue weighted by Crippen LogP contribution is -2.32. The van der Waals surface area contributed by atoms with Gasteiger partial charge in [-0.25, -0.2) is 4.79 Å². The molecule has 0 fully saturated rings. The van der Waals surface area contributed by atoms with E-state index in [0.717, 1.165) is 43.0 Å². The second kappa shape index (κ2) is 7.62. The zero-order chi connectivity index (χ0) is 14.4. The maximum atomic E-state index is 11.0. The number of likely N-dealkylation sites (N-methyl/N-ethyl adjacent to an activating group) is 1. The molecule has 0 aromatic carbocycles. The Labute approximate surface area is 119 Å². The topological polar surface area (TPSA) is 43.8 Å². The molecule has 0 atom stereocenters. The Bertz CT molecular complexity index is 416. The highest BCUT2D eigenvalue weighted by molar-refractivity contribution is 7.14. The smallest absolute Gasteiger partial charge is 0.345 e. The third kappa shape index (κ3) is 5.30. The summed E-state index contributed by atoms with van der Waals surface area (Å²) < 4.78 is 0. The first-order valence-corrected chi connectivity index (χ1v) is 7.45. The molecule has 19 heavy (non-hydrogen) atoms. The van der Waals surface area contributed by atoms with Crippen LogP contribution in [-0.4, -0.2) is 54.6 Å². The van der Waals surface area contributed by atoms with E-state index in [9.17, 15) is 4.79 Å². The van der Waals surface area contributed by atoms with Crippen molar-refractivity contribution in [2.45, 2.75) is 26.8 Å². The Morgan fingerprint density at radius 3 is 2.47 bits per heavy atom. The van der Waals surface area contributed by atoms with Gasteiger partial charge < -0.3 is 10.0 Å². The molecule has 4 nitrogen and oxygen atoms in total. The van der Waals surface area contributed by atoms with Gasteiger partial charge in [0.1, 0.15) is 4.88 Å². The summed E-state index contributed by atoms with van der Waals surface area (Å²) in [6, 6.07) is 1.82. The normalized spacial score (nSPS) is 11.5. The van der Waals surface area contributed by atoms with Crippen molar-refractivity contribution in [3.05, 3.63) is 21.4 Å². The molecule has 1 heterocycles. The number of carbonyl (C=O) groups is 1. The van der Waals surface area contributed by atoms with Crippen LogP contribution >= 0.6 is 11.3 Å². The monoisotopic (exact) mass is 284 g/mol. The van der Waals surface area contributed by atoms with Gasteiger partial charge in [0.2, 0.25) is 0 Å². The van der Waals surface area contributed by atoms with Gasteiger partial charge in [0.25, 0.3) is 0 Å². The first kappa shape index (κ1) is 16.1. The molecule has 1 aromatic heterocycles. The standard InChI is InChI=1S/C14H24N2O2S/c1-5-6-16(8-7-15(3)4)10-12-9-13(14(17)18)19-11(12)2/h9H,5-8,10H2,1-4H3,(H,17,18). The summed E-state index contributed by atoms with van der Waals surface area (Å²) in [6.07, 6.45) is 1.11. The Balaban J connectivity index is 2.69. The van der Waals surface area contributed by atoms with Gasteiger partial charge in [-0.05, 0) is 45.6 Å². The summed E-state index contributed by atoms with van der Waals surface area (Å²) >= 11 is 1.37. The molecule has 0 saturated carbocycles. The van der Waals surface area contributed by atoms with Crippen LogP contribution in [0.15, 0.2) is 6.07 Å². The third-order valence-electron chi connectivity index (χ3n) is 3.03. The Morgan fingerprint density at radius 1 is 1.32 bits per heavy atom. The summed E-state index contributed by atoms with van der Waals surface area (Å²) in [7, 11) is 4.14. The Morgan fingerprint density at radius 2 is 2.00 bits per heavy atom. The van der Waals surface area contributed by atoms with Gasteiger partial charge in [-0.15, -0.1) is 11.3 Å². The molecular weight excluding hydrogens is 260 g/mol. The first-order valence-electron chi connectivity index (χ1n) is 6.63. The van der Waals surface area contributed by atoms with Crippen LogP contribution in [0.3, 0.4) is 0 Å². The number of aromatic carboxylic acids is 1. The predicted octanol–water partition coefficient (Wildman–Crippen LogP) is 2.53. The van der Waals surface area contributed by atoms with Crippen molar-refractivity contribution in [2.75, 3.05) is 33.7 Å². The molecule has 0 aliphatic rings. The minimum atomic E-state index is -0.824. The Kier molecular flexibility index (Phi) is 6.48. The van der Waals surface area contributed by atoms with E-state index in [1.54, 1.807) is 0 Å². The molecule has 0 aliphatic heterocycles. The first-order chi connectivity index (χ1) is 8.93. The molecular formula is C14H24N2O2S. The van der Waals surface area contributed by atoms with Crippen LogP contribution < -0.4 is 0 Å². The molecule has 0 unspecified atom stereocenters. The van der Waals surface area contributed by atoms with Crippen molar-refractivity contribution < 1.29 is 9.90 Å². The van der Waals surface area contributed by atoms with Crippen molar-refractivity contribution >= 4 is 17.3 Å². The summed E-state index contributed by atoms with van der Waals surface area (Å²) in [5.41, 5.74) is 1.15. The highest BCUT2D eigenvalue weighted by Crippen LogP contribution is 2.23. The lowest BCUT2D eigenvalue weighted by molar-refractivity contribution is 0.0702. The van der Waals surface area contributed by atoms with Gasteiger partial charge in [0.15, 0.2) is 0 Å². The molecule has 1 N–H and O–H groups in total. The lowest BCUT2D eigenvalue weighted by Gasteiger charge is -2.23. The molecule has 0 bridgehead atoms. The number of hydrogen-bond acceptors (Lipinski definition) is 4. The Hall–Kier alpha value is -0.910. The maximum absolute atomic E-state index is 11.0. The summed E-state index contributed by atoms with van der Waals surface area (Å²) in [5.74, 6) is -0.824. The number of aryl methyl sites for hydroxylation is 1. The van der Waals surface area contributed by atoms with Gasteiger partial charge in [-0.2, -0.15) is 0 Å². The van der Waals surface area contributed by atoms with Crippen LogP contribution in [0.1, 0.15) is 33.5 Å². The third-order valence-corrected chi connectivity index (χ3v) is 4.11. The van der Waals surface area contributed by atoms with Crippen LogP contribution in [0.4, 0.5) is 0 Å². The van der Waals surface area contributed by atoms with E-state index < -0.39 is 5.97 Å². The van der Waals surface area contributed by atoms with Crippen molar-refractivity contribution in [3.63, 3.8) is 0 Å². The minimum Gasteiger partial charge on any atom is -0.477 e. The lowest BCUT2D eigenvalue weighted by atomic mass is 10.2. The zero-order valence-corrected chi connectivity index (χ0v) is 13.1. The number of carboxylic acids is 1. The van der Waals surface area contributed by atoms with Gasteiger partial charge in [-0.3, -0.25) is 4.90 Å². The van der Waals surface area contributed by atoms with Crippen LogP contribution in [0.25, 0.3) is 0 Å². The molecule has 0 saturated heterocycles. The average molecular weight is 284 g/mol. The van der Waals surface area contributed by atoms with Crippen LogP contribution in [0.5, 0.6) is 0 Å². The average Bonchev–Trinajstić information content (AvgIpc) is 2.68. The van der Waals surface area contributed by atoms with Crippen LogP contribution in [-0.2, 0) is 6.54 Å². The molecule has 108 valence electrons. The number of carboxylic acid groups (broad SMARTS) is 1. The van der Waals surface area contributed by atoms with Crippen molar-refractivity contribution in [2.24, 2.45) is 0 Å². The van der Waals surface area contributed by atoms with E-state index in [1.807, 2.05) is 13.0 Å². The molecule has 1 aromatic rings. The predicted molar refractivity (Wildman–Crippen MR) is 80.1 cm³/mol. The highest BCUT2D eigenvalue weighted by atomic mass is 32.1. The fourth-order valence-electron chi connectivity index (χ4n) is 1.95. The van der Waals surface area contributed by atoms with Crippen molar-refractivity contribution in [1.29, 1.82) is 0 Å². The number of nitrogens with zero attached hydrogens (tertiary/aromatic N) is 2. The minimum absolute atomic E-state index is 0.441. The van der Waals surface area contributed by atoms with E-state index in [2.05, 4.69) is 30.8 Å². The van der Waals surface area contributed by atoms with E-state index >= 15 is 0 Å². The summed E-state index contributed by atoms with van der Waals surface area (Å²) in [6.45, 7) is 8.10. The van der Waals surface area contributed by atoms with Crippen molar-refractivity contribution in [3.8, 4) is 0 Å². The van der Waals surface area contributed by atoms with Crippen LogP contribution in [0.2, 0.25) is 0 Å². The molecule has 0 spiro atoms. The fraction of sp³-hybridized carbons (Fsp3) is 0.643. The molecule has 5 heteroatoms. The molecule has 0 amide bonds. The largest absolute Gasteiger partial charge is 0.477 e. The van der Waals surface area contributed by atoms with Crippen molar-refractivity contribution in [1.82, 2.24) is 9.80 Å². The summed E-state index contributed by atoms with van der Waals surface area (Å²) in [4.78, 5) is 17.1. The number of thiophene rings is 1. The molecule has 0 radical (unpaired) electrons. The van der Waals surface area contributed by atoms with Gasteiger partial charge in [0.05, 0.1) is 0 Å². The number of rotatable bonds is 8. The second-order valence-electron chi connectivity index (χ2n) is 5.08. The van der Waals surface area contributed by atoms with Gasteiger partial charge >= 0.3 is 5.97 Å². The molecule has 0 aliphatic carbocycles. The number of hydrogen-bond donors (Lipinski definition) is 1. The second-order valence-corrected chi connectivity index (χ2v) is 6.33. The van der Waals surface area contributed by atoms with E-state index in [1.165, 1.54) is 11.3 Å². The summed E-state index contributed by atoms with van der Waals surface area (Å²) in [5, 5.41) is 9.03. The maximum Gasteiger partial charge on any atom is 0.345 e. The van der Waals surface area contributed by atoms with Gasteiger partial charge in [0, 0.05) is 24.5 Å². The zero-order valence-electron chi connectivity index (χ0n) is 12.3. The fourth-order valence-corrected chi connectivity index (χ4v) is 2.82. The van der Waals surface area contributed by atoms with E-state index in [0.29, 0.717) is 4.88 Å².